The lowest BCUT2D eigenvalue weighted by atomic mass is 10.7. The molecule has 12 nitrogen and oxygen atoms in total. The van der Waals surface area contributed by atoms with Crippen LogP contribution in [0.15, 0.2) is 34.8 Å². The molecule has 0 amide bonds. The first kappa shape index (κ1) is 43.4. The van der Waals surface area contributed by atoms with Gasteiger partial charge in [-0.2, -0.15) is 39.5 Å². The van der Waals surface area contributed by atoms with Crippen LogP contribution in [0.1, 0.15) is 0 Å². The Morgan fingerprint density at radius 2 is 0.690 bits per heavy atom. The Balaban J connectivity index is -0.000000435. The molecule has 0 saturated heterocycles. The summed E-state index contributed by atoms with van der Waals surface area (Å²) in [5, 5.41) is 55.5. The van der Waals surface area contributed by atoms with Crippen molar-refractivity contribution in [3.8, 4) is 0 Å². The summed E-state index contributed by atoms with van der Waals surface area (Å²) in [6.45, 7) is 0. The smallest absolute Gasteiger partial charge is 0.430 e. The van der Waals surface area contributed by atoms with Crippen LogP contribution in [-0.4, -0.2) is 73.1 Å². The molecule has 6 N–H and O–H groups in total. The molecule has 3 aliphatic rings. The number of nitrogens with one attached hydrogen (secondary N) is 6. The van der Waals surface area contributed by atoms with Crippen molar-refractivity contribution < 1.29 is 83.9 Å². The van der Waals surface area contributed by atoms with E-state index in [0.29, 0.717) is 15.5 Å². The second kappa shape index (κ2) is 20.0. The maximum absolute atomic E-state index is 10.5. The molecule has 3 aliphatic heterocycles. The minimum Gasteiger partial charge on any atom is -0.542 e. The number of hydrogen-bond acceptors (Lipinski definition) is 12. The maximum atomic E-state index is 10.5. The fourth-order valence-corrected chi connectivity index (χ4v) is 3.10. The van der Waals surface area contributed by atoms with Gasteiger partial charge in [-0.3, -0.25) is 14.7 Å². The Morgan fingerprint density at radius 1 is 0.548 bits per heavy atom. The van der Waals surface area contributed by atoms with Crippen molar-refractivity contribution in [2.24, 2.45) is 0 Å². The zero-order chi connectivity index (χ0) is 34.1. The molecule has 240 valence electrons. The largest absolute Gasteiger partial charge is 0.542 e. The molecular weight excluding hydrogens is 663 g/mol. The van der Waals surface area contributed by atoms with Gasteiger partial charge in [-0.05, 0) is 35.3 Å². The summed E-state index contributed by atoms with van der Waals surface area (Å²) < 4.78 is 94.6. The first-order valence-corrected chi connectivity index (χ1v) is 12.5. The van der Waals surface area contributed by atoms with Crippen LogP contribution in [0.3, 0.4) is 0 Å². The number of rotatable bonds is 0. The lowest BCUT2D eigenvalue weighted by Crippen LogP contribution is -3.05. The maximum Gasteiger partial charge on any atom is 0.430 e. The highest BCUT2D eigenvalue weighted by atomic mass is 32.2. The summed E-state index contributed by atoms with van der Waals surface area (Å²) >= 11 is 4.41. The van der Waals surface area contributed by atoms with Crippen LogP contribution in [0, 0.1) is 16.2 Å². The van der Waals surface area contributed by atoms with E-state index in [4.69, 9.17) is 45.9 Å². The van der Waals surface area contributed by atoms with Gasteiger partial charge in [-0.15, -0.1) is 0 Å². The van der Waals surface area contributed by atoms with E-state index in [-0.39, 0.29) is 0 Å². The quantitative estimate of drug-likeness (QED) is 0.143. The summed E-state index contributed by atoms with van der Waals surface area (Å²) in [5.41, 5.74) is 0. The van der Waals surface area contributed by atoms with E-state index < -0.39 is 36.4 Å². The van der Waals surface area contributed by atoms with Crippen LogP contribution in [-0.2, 0) is 14.4 Å². The summed E-state index contributed by atoms with van der Waals surface area (Å²) in [7, 11) is 5.83. The van der Waals surface area contributed by atoms with Crippen molar-refractivity contribution in [2.45, 2.75) is 18.5 Å². The van der Waals surface area contributed by atoms with Gasteiger partial charge in [-0.1, -0.05) is 0 Å². The Bertz CT molecular complexity index is 915. The molecule has 0 aromatic rings. The molecule has 0 bridgehead atoms. The van der Waals surface area contributed by atoms with Crippen molar-refractivity contribution in [2.75, 3.05) is 21.1 Å². The first-order chi connectivity index (χ1) is 18.7. The molecule has 0 radical (unpaired) electrons. The lowest BCUT2D eigenvalue weighted by Gasteiger charge is -2.03. The second-order valence-electron chi connectivity index (χ2n) is 6.65. The van der Waals surface area contributed by atoms with Gasteiger partial charge >= 0.3 is 18.5 Å². The van der Waals surface area contributed by atoms with Crippen LogP contribution in [0.5, 0.6) is 0 Å². The Hall–Kier alpha value is -3.06. The number of halogens is 9. The number of alkyl halides is 9. The highest BCUT2D eigenvalue weighted by Gasteiger charge is 2.30. The first-order valence-electron chi connectivity index (χ1n) is 9.86. The summed E-state index contributed by atoms with van der Waals surface area (Å²) in [5.74, 6) is -9.02. The van der Waals surface area contributed by atoms with E-state index >= 15 is 0 Å². The third-order valence-electron chi connectivity index (χ3n) is 3.28. The molecule has 0 fully saturated rings. The zero-order valence-electron chi connectivity index (χ0n) is 21.0. The number of thioether (sulfide) groups is 3. The molecule has 0 saturated carbocycles. The van der Waals surface area contributed by atoms with Gasteiger partial charge in [0.2, 0.25) is 0 Å². The molecule has 0 aromatic heterocycles. The monoisotopic (exact) mass is 684 g/mol. The third kappa shape index (κ3) is 23.6. The van der Waals surface area contributed by atoms with Gasteiger partial charge in [0.25, 0.3) is 15.5 Å². The van der Waals surface area contributed by atoms with Crippen LogP contribution in [0.25, 0.3) is 0 Å². The summed E-state index contributed by atoms with van der Waals surface area (Å²) in [6, 6.07) is 0. The van der Waals surface area contributed by atoms with Crippen LogP contribution >= 0.6 is 35.3 Å². The van der Waals surface area contributed by atoms with E-state index in [2.05, 4.69) is 0 Å². The van der Waals surface area contributed by atoms with Crippen molar-refractivity contribution >= 4 is 68.7 Å². The highest BCUT2D eigenvalue weighted by Crippen LogP contribution is 2.12. The molecule has 0 aliphatic carbocycles. The number of carbonyl (C=O) groups excluding carboxylic acids is 3. The highest BCUT2D eigenvalue weighted by molar-refractivity contribution is 8.16. The summed E-state index contributed by atoms with van der Waals surface area (Å²) in [6.07, 6.45) is -9.73. The number of hydrogen-bond donors (Lipinski definition) is 6. The van der Waals surface area contributed by atoms with Crippen LogP contribution < -0.4 is 30.0 Å². The van der Waals surface area contributed by atoms with Gasteiger partial charge in [-0.25, -0.2) is 16.2 Å². The minimum absolute atomic E-state index is 0.681. The topological polar surface area (TPSA) is 205 Å². The fourth-order valence-electron chi connectivity index (χ4n) is 1.12. The minimum atomic E-state index is -5.19. The number of carboxylic acid groups (broad SMARTS) is 3. The van der Waals surface area contributed by atoms with E-state index in [9.17, 15) is 39.5 Å². The van der Waals surface area contributed by atoms with Gasteiger partial charge in [0.1, 0.15) is 36.5 Å². The van der Waals surface area contributed by atoms with Gasteiger partial charge in [0, 0.05) is 16.2 Å². The molecule has 0 spiro atoms. The molecule has 42 heavy (non-hydrogen) atoms. The van der Waals surface area contributed by atoms with Crippen molar-refractivity contribution in [3.05, 3.63) is 34.8 Å². The third-order valence-corrected chi connectivity index (χ3v) is 5.77. The van der Waals surface area contributed by atoms with Crippen molar-refractivity contribution in [1.29, 1.82) is 16.2 Å². The zero-order valence-corrected chi connectivity index (χ0v) is 23.5. The Kier molecular flexibility index (Phi) is 20.6. The van der Waals surface area contributed by atoms with Crippen molar-refractivity contribution in [3.63, 3.8) is 0 Å². The van der Waals surface area contributed by atoms with Gasteiger partial charge < -0.3 is 29.7 Å². The van der Waals surface area contributed by atoms with E-state index in [1.807, 2.05) is 56.0 Å². The Labute approximate surface area is 243 Å². The normalized spacial score (nSPS) is 20.3. The van der Waals surface area contributed by atoms with Crippen LogP contribution in [0.4, 0.5) is 39.5 Å². The molecule has 0 aromatic carbocycles. The average molecular weight is 685 g/mol. The Morgan fingerprint density at radius 3 is 0.714 bits per heavy atom. The number of aliphatic carboxylic acids is 3. The second-order valence-corrected chi connectivity index (χ2v) is 9.40. The van der Waals surface area contributed by atoms with Crippen LogP contribution in [0.2, 0.25) is 0 Å². The standard InChI is InChI=1S/3C4H6N2S.3C2HF3O2/c3*1-6-2-3-7-4(6)5;3*3-2(4,5)1(6)7/h3*2-3,5H,1H3;3*(H,6,7). The number of quaternary nitrogens is 3. The molecular formula is C18H21F9N6O6S3. The van der Waals surface area contributed by atoms with Gasteiger partial charge in [0.05, 0.1) is 21.1 Å². The molecule has 3 rings (SSSR count). The molecule has 3 atom stereocenters. The molecule has 24 heteroatoms. The predicted molar refractivity (Wildman–Crippen MR) is 127 cm³/mol. The van der Waals surface area contributed by atoms with E-state index in [0.717, 1.165) is 14.7 Å². The SMILES string of the molecule is C[NH+]1C=CSC1=N.C[NH+]1C=CSC1=N.C[NH+]1C=CSC1=N.O=C([O-])C(F)(F)F.O=C([O-])C(F)(F)F.O=C([O-])C(F)(F)F. The molecule has 3 heterocycles. The lowest BCUT2D eigenvalue weighted by molar-refractivity contribution is -0.715. The number of carbonyl (C=O) groups is 3. The van der Waals surface area contributed by atoms with E-state index in [1.165, 1.54) is 35.3 Å². The van der Waals surface area contributed by atoms with E-state index in [1.54, 1.807) is 0 Å². The van der Waals surface area contributed by atoms with Crippen molar-refractivity contribution in [1.82, 2.24) is 0 Å². The average Bonchev–Trinajstić information content (AvgIpc) is 3.51. The summed E-state index contributed by atoms with van der Waals surface area (Å²) in [4.78, 5) is 29.6. The van der Waals surface area contributed by atoms with Gasteiger partial charge in [0.15, 0.2) is 0 Å². The molecule has 3 unspecified atom stereocenters. The number of carboxylic acids is 3. The number of amidine groups is 3. The fraction of sp³-hybridized carbons (Fsp3) is 0.333. The predicted octanol–water partition coefficient (Wildman–Crippen LogP) is -3.14.